The molecule has 0 fully saturated rings. The van der Waals surface area contributed by atoms with Crippen molar-refractivity contribution in [1.82, 2.24) is 9.97 Å². The lowest BCUT2D eigenvalue weighted by atomic mass is 10.1. The molecule has 2 heterocycles. The zero-order chi connectivity index (χ0) is 18.1. The third-order valence-electron chi connectivity index (χ3n) is 4.30. The number of carbonyl (C=O) groups excluding carboxylic acids is 1. The van der Waals surface area contributed by atoms with Crippen molar-refractivity contribution >= 4 is 44.0 Å². The highest BCUT2D eigenvalue weighted by Gasteiger charge is 2.12. The summed E-state index contributed by atoms with van der Waals surface area (Å²) in [4.78, 5) is 21.7. The van der Waals surface area contributed by atoms with Crippen LogP contribution >= 0.6 is 11.3 Å². The van der Waals surface area contributed by atoms with E-state index in [0.717, 1.165) is 21.6 Å². The molecular weight excluding hydrogens is 344 g/mol. The number of thiazole rings is 1. The summed E-state index contributed by atoms with van der Waals surface area (Å²) in [6, 6.07) is 17.9. The van der Waals surface area contributed by atoms with Gasteiger partial charge in [0.1, 0.15) is 5.69 Å². The summed E-state index contributed by atoms with van der Waals surface area (Å²) >= 11 is 1.47. The summed E-state index contributed by atoms with van der Waals surface area (Å²) in [5.41, 5.74) is 4.86. The number of para-hydroxylation sites is 1. The van der Waals surface area contributed by atoms with Gasteiger partial charge >= 0.3 is 0 Å². The van der Waals surface area contributed by atoms with Crippen LogP contribution in [-0.2, 0) is 0 Å². The Kier molecular flexibility index (Phi) is 4.18. The summed E-state index contributed by atoms with van der Waals surface area (Å²) < 4.78 is 1.03. The Labute approximate surface area is 155 Å². The van der Waals surface area contributed by atoms with Crippen LogP contribution in [0.4, 0.5) is 16.5 Å². The van der Waals surface area contributed by atoms with Crippen LogP contribution in [0.3, 0.4) is 0 Å². The molecule has 2 N–H and O–H groups in total. The van der Waals surface area contributed by atoms with Crippen molar-refractivity contribution in [2.45, 2.75) is 6.92 Å². The first kappa shape index (κ1) is 16.4. The van der Waals surface area contributed by atoms with Crippen LogP contribution in [0.1, 0.15) is 16.1 Å². The Hall–Kier alpha value is -3.12. The number of benzene rings is 2. The molecular formula is C20H18N4OS. The molecule has 0 spiro atoms. The predicted octanol–water partition coefficient (Wildman–Crippen LogP) is 4.95. The molecule has 26 heavy (non-hydrogen) atoms. The molecule has 0 radical (unpaired) electrons. The average molecular weight is 362 g/mol. The molecule has 0 aliphatic heterocycles. The maximum Gasteiger partial charge on any atom is 0.273 e. The standard InChI is InChI=1S/C20H18N4OS/c1-13-6-3-4-8-17(13)24(2)14-9-10-15-18(12-14)26-20(22-15)23-19(25)16-7-5-11-21-16/h3-12,21H,1-2H3,(H,22,23,25). The highest BCUT2D eigenvalue weighted by atomic mass is 32.1. The summed E-state index contributed by atoms with van der Waals surface area (Å²) in [5.74, 6) is -0.189. The van der Waals surface area contributed by atoms with Crippen LogP contribution in [0.15, 0.2) is 60.8 Å². The molecule has 0 atom stereocenters. The van der Waals surface area contributed by atoms with Gasteiger partial charge in [0.25, 0.3) is 5.91 Å². The lowest BCUT2D eigenvalue weighted by molar-refractivity contribution is 0.102. The Balaban J connectivity index is 1.62. The van der Waals surface area contributed by atoms with E-state index in [4.69, 9.17) is 0 Å². The fourth-order valence-corrected chi connectivity index (χ4v) is 3.78. The van der Waals surface area contributed by atoms with E-state index in [9.17, 15) is 4.79 Å². The van der Waals surface area contributed by atoms with E-state index in [1.54, 1.807) is 18.3 Å². The van der Waals surface area contributed by atoms with E-state index >= 15 is 0 Å². The number of hydrogen-bond acceptors (Lipinski definition) is 4. The van der Waals surface area contributed by atoms with Gasteiger partial charge in [-0.2, -0.15) is 0 Å². The molecule has 4 rings (SSSR count). The van der Waals surface area contributed by atoms with Crippen molar-refractivity contribution in [1.29, 1.82) is 0 Å². The fraction of sp³-hybridized carbons (Fsp3) is 0.100. The minimum absolute atomic E-state index is 0.189. The van der Waals surface area contributed by atoms with Crippen molar-refractivity contribution < 1.29 is 4.79 Å². The van der Waals surface area contributed by atoms with Crippen LogP contribution in [0.25, 0.3) is 10.2 Å². The Morgan fingerprint density at radius 1 is 1.15 bits per heavy atom. The first-order chi connectivity index (χ1) is 12.6. The van der Waals surface area contributed by atoms with E-state index in [1.807, 2.05) is 24.3 Å². The molecule has 130 valence electrons. The largest absolute Gasteiger partial charge is 0.357 e. The van der Waals surface area contributed by atoms with Gasteiger partial charge < -0.3 is 9.88 Å². The highest BCUT2D eigenvalue weighted by Crippen LogP contribution is 2.33. The molecule has 2 aromatic carbocycles. The minimum Gasteiger partial charge on any atom is -0.357 e. The van der Waals surface area contributed by atoms with Gasteiger partial charge in [-0.15, -0.1) is 0 Å². The number of nitrogens with one attached hydrogen (secondary N) is 2. The quantitative estimate of drug-likeness (QED) is 0.540. The zero-order valence-corrected chi connectivity index (χ0v) is 15.3. The second-order valence-electron chi connectivity index (χ2n) is 6.05. The van der Waals surface area contributed by atoms with E-state index in [1.165, 1.54) is 16.9 Å². The van der Waals surface area contributed by atoms with E-state index in [-0.39, 0.29) is 5.91 Å². The van der Waals surface area contributed by atoms with Crippen molar-refractivity contribution in [3.05, 3.63) is 72.1 Å². The number of rotatable bonds is 4. The van der Waals surface area contributed by atoms with E-state index < -0.39 is 0 Å². The van der Waals surface area contributed by atoms with Crippen molar-refractivity contribution in [2.75, 3.05) is 17.3 Å². The summed E-state index contributed by atoms with van der Waals surface area (Å²) in [6.45, 7) is 2.10. The predicted molar refractivity (Wildman–Crippen MR) is 108 cm³/mol. The van der Waals surface area contributed by atoms with E-state index in [0.29, 0.717) is 10.8 Å². The topological polar surface area (TPSA) is 61.0 Å². The van der Waals surface area contributed by atoms with Gasteiger partial charge in [-0.3, -0.25) is 10.1 Å². The molecule has 4 aromatic rings. The summed E-state index contributed by atoms with van der Waals surface area (Å²) in [5, 5.41) is 3.44. The molecule has 2 aromatic heterocycles. The average Bonchev–Trinajstić information content (AvgIpc) is 3.30. The molecule has 1 amide bonds. The highest BCUT2D eigenvalue weighted by molar-refractivity contribution is 7.22. The van der Waals surface area contributed by atoms with Gasteiger partial charge in [0.2, 0.25) is 0 Å². The van der Waals surface area contributed by atoms with Crippen molar-refractivity contribution in [3.8, 4) is 0 Å². The van der Waals surface area contributed by atoms with Gasteiger partial charge in [0.15, 0.2) is 5.13 Å². The van der Waals surface area contributed by atoms with Gasteiger partial charge in [-0.05, 0) is 48.9 Å². The SMILES string of the molecule is Cc1ccccc1N(C)c1ccc2nc(NC(=O)c3ccc[nH]3)sc2c1. The second kappa shape index (κ2) is 6.65. The van der Waals surface area contributed by atoms with Gasteiger partial charge in [-0.25, -0.2) is 4.98 Å². The lowest BCUT2D eigenvalue weighted by Crippen LogP contribution is -2.11. The van der Waals surface area contributed by atoms with Crippen LogP contribution in [0.2, 0.25) is 0 Å². The van der Waals surface area contributed by atoms with Crippen molar-refractivity contribution in [2.24, 2.45) is 0 Å². The molecule has 0 unspecified atom stereocenters. The van der Waals surface area contributed by atoms with Crippen LogP contribution in [-0.4, -0.2) is 22.9 Å². The first-order valence-electron chi connectivity index (χ1n) is 8.26. The molecule has 6 heteroatoms. The maximum atomic E-state index is 12.2. The second-order valence-corrected chi connectivity index (χ2v) is 7.09. The molecule has 0 aliphatic rings. The third-order valence-corrected chi connectivity index (χ3v) is 5.23. The smallest absolute Gasteiger partial charge is 0.273 e. The number of amides is 1. The number of aryl methyl sites for hydroxylation is 1. The Bertz CT molecular complexity index is 1070. The summed E-state index contributed by atoms with van der Waals surface area (Å²) in [6.07, 6.45) is 1.72. The van der Waals surface area contributed by atoms with Gasteiger partial charge in [0.05, 0.1) is 10.2 Å². The molecule has 0 aliphatic carbocycles. The van der Waals surface area contributed by atoms with E-state index in [2.05, 4.69) is 52.4 Å². The molecule has 0 saturated heterocycles. The normalized spacial score (nSPS) is 10.8. The number of carbonyl (C=O) groups is 1. The van der Waals surface area contributed by atoms with Gasteiger partial charge in [-0.1, -0.05) is 29.5 Å². The maximum absolute atomic E-state index is 12.2. The number of hydrogen-bond donors (Lipinski definition) is 2. The number of H-pyrrole nitrogens is 1. The van der Waals surface area contributed by atoms with Crippen LogP contribution < -0.4 is 10.2 Å². The minimum atomic E-state index is -0.189. The number of nitrogens with zero attached hydrogens (tertiary/aromatic N) is 2. The molecule has 0 saturated carbocycles. The van der Waals surface area contributed by atoms with Crippen LogP contribution in [0, 0.1) is 6.92 Å². The van der Waals surface area contributed by atoms with Crippen LogP contribution in [0.5, 0.6) is 0 Å². The first-order valence-corrected chi connectivity index (χ1v) is 9.08. The number of aromatic nitrogens is 2. The summed E-state index contributed by atoms with van der Waals surface area (Å²) in [7, 11) is 2.05. The number of anilines is 3. The lowest BCUT2D eigenvalue weighted by Gasteiger charge is -2.21. The molecule has 0 bridgehead atoms. The fourth-order valence-electron chi connectivity index (χ4n) is 2.89. The number of aromatic amines is 1. The number of fused-ring (bicyclic) bond motifs is 1. The Morgan fingerprint density at radius 2 is 2.00 bits per heavy atom. The van der Waals surface area contributed by atoms with Gasteiger partial charge in [0, 0.05) is 24.6 Å². The third kappa shape index (κ3) is 3.07. The Morgan fingerprint density at radius 3 is 2.77 bits per heavy atom. The zero-order valence-electron chi connectivity index (χ0n) is 14.5. The molecule has 5 nitrogen and oxygen atoms in total. The van der Waals surface area contributed by atoms with Crippen molar-refractivity contribution in [3.63, 3.8) is 0 Å². The monoisotopic (exact) mass is 362 g/mol.